The average Bonchev–Trinajstić information content (AvgIpc) is 3.61. The molecule has 212 valence electrons. The highest BCUT2D eigenvalue weighted by atomic mass is 32.1. The van der Waals surface area contributed by atoms with Crippen LogP contribution in [0.15, 0.2) is 47.3 Å². The van der Waals surface area contributed by atoms with E-state index in [1.165, 1.54) is 11.3 Å². The number of nitrogen functional groups attached to an aromatic ring is 1. The highest BCUT2D eigenvalue weighted by molar-refractivity contribution is 7.08. The van der Waals surface area contributed by atoms with Crippen LogP contribution >= 0.6 is 11.3 Å². The van der Waals surface area contributed by atoms with E-state index in [1.807, 2.05) is 39.9 Å². The van der Waals surface area contributed by atoms with Gasteiger partial charge in [0.1, 0.15) is 5.69 Å². The summed E-state index contributed by atoms with van der Waals surface area (Å²) in [5.74, 6) is 1.40. The molecular formula is C29H35N5O5S. The van der Waals surface area contributed by atoms with E-state index in [0.717, 1.165) is 67.5 Å². The second-order valence-electron chi connectivity index (χ2n) is 9.90. The summed E-state index contributed by atoms with van der Waals surface area (Å²) in [6.45, 7) is 5.97. The molecule has 1 saturated heterocycles. The molecule has 2 aliphatic heterocycles. The largest absolute Gasteiger partial charge is 0.454 e. The lowest BCUT2D eigenvalue weighted by atomic mass is 10.1. The monoisotopic (exact) mass is 565 g/mol. The predicted octanol–water partition coefficient (Wildman–Crippen LogP) is 3.36. The zero-order valence-corrected chi connectivity index (χ0v) is 23.3. The van der Waals surface area contributed by atoms with Gasteiger partial charge >= 0.3 is 6.03 Å². The van der Waals surface area contributed by atoms with Crippen molar-refractivity contribution in [3.63, 3.8) is 0 Å². The fourth-order valence-electron chi connectivity index (χ4n) is 4.73. The number of hydrogen-bond donors (Lipinski definition) is 2. The standard InChI is InChI=1S/C29H35N5O5S/c30-24-19-40-18-23(24)15-26(35)25-4-2-22(16-32-25)17-34(9-1-8-33-10-12-37-13-11-33)29(36)31-7-6-21-3-5-27-28(14-21)39-20-38-27/h2-5,14,16,18-19H,1,6-13,15,17,20,30H2,(H,31,36). The molecule has 1 aromatic carbocycles. The number of nitrogens with one attached hydrogen (secondary N) is 1. The quantitative estimate of drug-likeness (QED) is 0.321. The highest BCUT2D eigenvalue weighted by Crippen LogP contribution is 2.32. The number of carbonyl (C=O) groups is 2. The Kier molecular flexibility index (Phi) is 9.48. The van der Waals surface area contributed by atoms with E-state index < -0.39 is 0 Å². The van der Waals surface area contributed by atoms with Crippen molar-refractivity contribution in [3.8, 4) is 11.5 Å². The number of aromatic nitrogens is 1. The third kappa shape index (κ3) is 7.50. The predicted molar refractivity (Wildman–Crippen MR) is 153 cm³/mol. The summed E-state index contributed by atoms with van der Waals surface area (Å²) in [6.07, 6.45) is 3.43. The summed E-state index contributed by atoms with van der Waals surface area (Å²) in [5, 5.41) is 6.78. The number of Topliss-reactive ketones (excluding diaryl/α,β-unsaturated/α-hetero) is 1. The second kappa shape index (κ2) is 13.6. The van der Waals surface area contributed by atoms with Crippen LogP contribution in [0.4, 0.5) is 10.5 Å². The van der Waals surface area contributed by atoms with Gasteiger partial charge < -0.3 is 30.2 Å². The van der Waals surface area contributed by atoms with Crippen LogP contribution in [-0.4, -0.2) is 79.3 Å². The third-order valence-corrected chi connectivity index (χ3v) is 7.84. The lowest BCUT2D eigenvalue weighted by Gasteiger charge is -2.28. The van der Waals surface area contributed by atoms with Gasteiger partial charge in [0.2, 0.25) is 6.79 Å². The molecule has 1 fully saturated rings. The van der Waals surface area contributed by atoms with Crippen LogP contribution in [0.5, 0.6) is 11.5 Å². The molecule has 40 heavy (non-hydrogen) atoms. The van der Waals surface area contributed by atoms with Crippen LogP contribution in [0.3, 0.4) is 0 Å². The van der Waals surface area contributed by atoms with E-state index in [2.05, 4.69) is 15.2 Å². The van der Waals surface area contributed by atoms with Crippen molar-refractivity contribution in [3.05, 3.63) is 69.7 Å². The number of urea groups is 1. The molecule has 4 heterocycles. The molecule has 0 saturated carbocycles. The number of anilines is 1. The fourth-order valence-corrected chi connectivity index (χ4v) is 5.48. The molecule has 2 aliphatic rings. The van der Waals surface area contributed by atoms with Crippen molar-refractivity contribution < 1.29 is 23.8 Å². The molecular weight excluding hydrogens is 530 g/mol. The number of hydrogen-bond acceptors (Lipinski definition) is 9. The molecule has 3 N–H and O–H groups in total. The van der Waals surface area contributed by atoms with Crippen LogP contribution in [0.2, 0.25) is 0 Å². The molecule has 3 aromatic rings. The van der Waals surface area contributed by atoms with Gasteiger partial charge in [-0.25, -0.2) is 4.79 Å². The van der Waals surface area contributed by atoms with Gasteiger partial charge in [-0.1, -0.05) is 12.1 Å². The summed E-state index contributed by atoms with van der Waals surface area (Å²) >= 11 is 1.48. The van der Waals surface area contributed by atoms with Gasteiger partial charge in [0.15, 0.2) is 17.3 Å². The lowest BCUT2D eigenvalue weighted by molar-refractivity contribution is 0.0364. The van der Waals surface area contributed by atoms with Gasteiger partial charge in [-0.3, -0.25) is 14.7 Å². The van der Waals surface area contributed by atoms with Crippen molar-refractivity contribution >= 4 is 28.8 Å². The molecule has 0 radical (unpaired) electrons. The van der Waals surface area contributed by atoms with Crippen LogP contribution in [-0.2, 0) is 24.1 Å². The topological polar surface area (TPSA) is 119 Å². The zero-order chi connectivity index (χ0) is 27.7. The normalized spacial score (nSPS) is 14.7. The first-order valence-corrected chi connectivity index (χ1v) is 14.5. The minimum absolute atomic E-state index is 0.0831. The number of pyridine rings is 1. The van der Waals surface area contributed by atoms with Gasteiger partial charge in [-0.2, -0.15) is 0 Å². The summed E-state index contributed by atoms with van der Waals surface area (Å²) in [4.78, 5) is 34.5. The number of ether oxygens (including phenoxy) is 3. The Morgan fingerprint density at radius 2 is 1.90 bits per heavy atom. The molecule has 0 aliphatic carbocycles. The maximum absolute atomic E-state index is 13.2. The lowest BCUT2D eigenvalue weighted by Crippen LogP contribution is -2.42. The number of fused-ring (bicyclic) bond motifs is 1. The van der Waals surface area contributed by atoms with E-state index in [1.54, 1.807) is 12.3 Å². The smallest absolute Gasteiger partial charge is 0.317 e. The molecule has 2 amide bonds. The van der Waals surface area contributed by atoms with Gasteiger partial charge in [-0.15, -0.1) is 11.3 Å². The van der Waals surface area contributed by atoms with Crippen molar-refractivity contribution in [1.82, 2.24) is 20.1 Å². The summed E-state index contributed by atoms with van der Waals surface area (Å²) in [6, 6.07) is 9.30. The van der Waals surface area contributed by atoms with Crippen molar-refractivity contribution in [2.75, 3.05) is 58.5 Å². The third-order valence-electron chi connectivity index (χ3n) is 7.03. The van der Waals surface area contributed by atoms with Gasteiger partial charge in [-0.05, 0) is 53.1 Å². The second-order valence-corrected chi connectivity index (χ2v) is 10.6. The maximum atomic E-state index is 13.2. The van der Waals surface area contributed by atoms with E-state index in [9.17, 15) is 9.59 Å². The van der Waals surface area contributed by atoms with Crippen molar-refractivity contribution in [1.29, 1.82) is 0 Å². The molecule has 2 aromatic heterocycles. The molecule has 5 rings (SSSR count). The number of carbonyl (C=O) groups excluding carboxylic acids is 2. The van der Waals surface area contributed by atoms with E-state index in [-0.39, 0.29) is 25.0 Å². The Morgan fingerprint density at radius 1 is 1.07 bits per heavy atom. The van der Waals surface area contributed by atoms with E-state index in [0.29, 0.717) is 37.4 Å². The summed E-state index contributed by atoms with van der Waals surface area (Å²) in [5.41, 5.74) is 9.70. The minimum atomic E-state index is -0.129. The van der Waals surface area contributed by atoms with Crippen molar-refractivity contribution in [2.24, 2.45) is 0 Å². The Labute approximate surface area is 238 Å². The van der Waals surface area contributed by atoms with Gasteiger partial charge in [0, 0.05) is 63.0 Å². The first-order valence-electron chi connectivity index (χ1n) is 13.6. The SMILES string of the molecule is Nc1cscc1CC(=O)c1ccc(CN(CCCN2CCOCC2)C(=O)NCCc2ccc3c(c2)OCO3)cn1. The van der Waals surface area contributed by atoms with Crippen molar-refractivity contribution in [2.45, 2.75) is 25.8 Å². The maximum Gasteiger partial charge on any atom is 0.317 e. The minimum Gasteiger partial charge on any atom is -0.454 e. The number of nitrogens with two attached hydrogens (primary N) is 1. The first kappa shape index (κ1) is 27.9. The van der Waals surface area contributed by atoms with Crippen LogP contribution in [0.1, 0.15) is 33.6 Å². The Hall–Kier alpha value is -3.67. The number of rotatable bonds is 12. The first-order chi connectivity index (χ1) is 19.5. The average molecular weight is 566 g/mol. The Balaban J connectivity index is 1.17. The Morgan fingerprint density at radius 3 is 2.67 bits per heavy atom. The van der Waals surface area contributed by atoms with Crippen LogP contribution in [0.25, 0.3) is 0 Å². The molecule has 10 nitrogen and oxygen atoms in total. The number of ketones is 1. The fraction of sp³-hybridized carbons (Fsp3) is 0.414. The summed E-state index contributed by atoms with van der Waals surface area (Å²) in [7, 11) is 0. The molecule has 0 atom stereocenters. The number of thiophene rings is 1. The number of amides is 2. The van der Waals surface area contributed by atoms with Crippen LogP contribution in [0, 0.1) is 0 Å². The molecule has 0 bridgehead atoms. The van der Waals surface area contributed by atoms with Gasteiger partial charge in [0.05, 0.1) is 13.2 Å². The van der Waals surface area contributed by atoms with E-state index >= 15 is 0 Å². The summed E-state index contributed by atoms with van der Waals surface area (Å²) < 4.78 is 16.3. The van der Waals surface area contributed by atoms with Gasteiger partial charge in [0.25, 0.3) is 0 Å². The highest BCUT2D eigenvalue weighted by Gasteiger charge is 2.18. The number of morpholine rings is 1. The van der Waals surface area contributed by atoms with E-state index in [4.69, 9.17) is 19.9 Å². The number of nitrogens with zero attached hydrogens (tertiary/aromatic N) is 3. The molecule has 0 spiro atoms. The van der Waals surface area contributed by atoms with Crippen LogP contribution < -0.4 is 20.5 Å². The number of benzene rings is 1. The molecule has 11 heteroatoms. The molecule has 0 unspecified atom stereocenters. The zero-order valence-electron chi connectivity index (χ0n) is 22.5. The Bertz CT molecular complexity index is 1290.